The summed E-state index contributed by atoms with van der Waals surface area (Å²) >= 11 is 4.91. The lowest BCUT2D eigenvalue weighted by atomic mass is 10.1. The summed E-state index contributed by atoms with van der Waals surface area (Å²) < 4.78 is 5.02. The van der Waals surface area contributed by atoms with E-state index < -0.39 is 0 Å². The molecule has 1 heterocycles. The number of carbonyl (C=O) groups is 1. The molecule has 1 rings (SSSR count). The van der Waals surface area contributed by atoms with Gasteiger partial charge >= 0.3 is 5.97 Å². The zero-order chi connectivity index (χ0) is 14.4. The first kappa shape index (κ1) is 15.4. The van der Waals surface area contributed by atoms with Crippen LogP contribution in [0.3, 0.4) is 0 Å². The molecule has 104 valence electrons. The summed E-state index contributed by atoms with van der Waals surface area (Å²) in [6.45, 7) is 4.08. The van der Waals surface area contributed by atoms with E-state index in [0.717, 1.165) is 0 Å². The minimum atomic E-state index is -0.375. The molecule has 0 radical (unpaired) electrons. The average Bonchev–Trinajstić information content (AvgIpc) is 2.37. The van der Waals surface area contributed by atoms with E-state index in [-0.39, 0.29) is 12.0 Å². The second-order valence-electron chi connectivity index (χ2n) is 4.23. The molecule has 0 aromatic carbocycles. The molecule has 0 bridgehead atoms. The van der Waals surface area contributed by atoms with E-state index in [1.807, 2.05) is 18.9 Å². The number of carbonyl (C=O) groups excluding carboxylic acids is 1. The highest BCUT2D eigenvalue weighted by molar-refractivity contribution is 7.80. The molecule has 6 heteroatoms. The molecule has 0 aliphatic rings. The Morgan fingerprint density at radius 2 is 2.32 bits per heavy atom. The number of anilines is 1. The van der Waals surface area contributed by atoms with Gasteiger partial charge < -0.3 is 15.4 Å². The highest BCUT2D eigenvalue weighted by Crippen LogP contribution is 2.20. The molecule has 0 amide bonds. The van der Waals surface area contributed by atoms with Crippen LogP contribution in [-0.2, 0) is 4.74 Å². The Balaban J connectivity index is 2.99. The van der Waals surface area contributed by atoms with Gasteiger partial charge in [-0.1, -0.05) is 12.2 Å². The summed E-state index contributed by atoms with van der Waals surface area (Å²) in [5, 5.41) is 0. The summed E-state index contributed by atoms with van der Waals surface area (Å²) in [7, 11) is 1.86. The van der Waals surface area contributed by atoms with Crippen LogP contribution in [0.2, 0.25) is 0 Å². The molecule has 2 N–H and O–H groups in total. The molecule has 5 nitrogen and oxygen atoms in total. The lowest BCUT2D eigenvalue weighted by Gasteiger charge is -2.27. The Bertz CT molecular complexity index is 465. The number of aromatic nitrogens is 1. The molecule has 1 aromatic heterocycles. The van der Waals surface area contributed by atoms with Gasteiger partial charge in [0.25, 0.3) is 0 Å². The number of nitrogens with zero attached hydrogens (tertiary/aromatic N) is 2. The minimum absolute atomic E-state index is 0.0561. The standard InChI is InChI=1S/C13H19N3O2S/c1-4-18-13(17)10-6-5-7-15-12(10)16(3)9(2)8-11(14)19/h5-7,9H,4,8H2,1-3H3,(H2,14,19). The monoisotopic (exact) mass is 281 g/mol. The number of esters is 1. The maximum Gasteiger partial charge on any atom is 0.341 e. The Morgan fingerprint density at radius 1 is 1.63 bits per heavy atom. The summed E-state index contributed by atoms with van der Waals surface area (Å²) in [6.07, 6.45) is 2.20. The van der Waals surface area contributed by atoms with Crippen LogP contribution in [0.5, 0.6) is 0 Å². The fourth-order valence-electron chi connectivity index (χ4n) is 1.68. The van der Waals surface area contributed by atoms with E-state index in [2.05, 4.69) is 4.98 Å². The highest BCUT2D eigenvalue weighted by Gasteiger charge is 2.20. The van der Waals surface area contributed by atoms with Crippen molar-refractivity contribution in [3.63, 3.8) is 0 Å². The van der Waals surface area contributed by atoms with E-state index in [0.29, 0.717) is 29.4 Å². The van der Waals surface area contributed by atoms with E-state index in [9.17, 15) is 4.79 Å². The van der Waals surface area contributed by atoms with Crippen molar-refractivity contribution in [1.82, 2.24) is 4.98 Å². The average molecular weight is 281 g/mol. The van der Waals surface area contributed by atoms with Crippen LogP contribution in [0.25, 0.3) is 0 Å². The fourth-order valence-corrected chi connectivity index (χ4v) is 1.92. The van der Waals surface area contributed by atoms with Crippen LogP contribution in [0.4, 0.5) is 5.82 Å². The number of nitrogens with two attached hydrogens (primary N) is 1. The Morgan fingerprint density at radius 3 is 2.89 bits per heavy atom. The molecule has 1 aromatic rings. The predicted molar refractivity (Wildman–Crippen MR) is 79.5 cm³/mol. The molecule has 0 spiro atoms. The lowest BCUT2D eigenvalue weighted by Crippen LogP contribution is -2.34. The molecule has 0 fully saturated rings. The number of ether oxygens (including phenoxy) is 1. The number of hydrogen-bond donors (Lipinski definition) is 1. The second-order valence-corrected chi connectivity index (χ2v) is 4.75. The van der Waals surface area contributed by atoms with E-state index in [1.165, 1.54) is 0 Å². The van der Waals surface area contributed by atoms with Crippen molar-refractivity contribution in [1.29, 1.82) is 0 Å². The first-order valence-corrected chi connectivity index (χ1v) is 6.51. The quantitative estimate of drug-likeness (QED) is 0.633. The van der Waals surface area contributed by atoms with Gasteiger partial charge in [-0.05, 0) is 26.0 Å². The molecule has 0 aliphatic heterocycles. The largest absolute Gasteiger partial charge is 0.462 e. The highest BCUT2D eigenvalue weighted by atomic mass is 32.1. The first-order chi connectivity index (χ1) is 8.97. The number of thiocarbonyl (C=S) groups is 1. The van der Waals surface area contributed by atoms with E-state index in [4.69, 9.17) is 22.7 Å². The van der Waals surface area contributed by atoms with Crippen LogP contribution in [0.15, 0.2) is 18.3 Å². The normalized spacial score (nSPS) is 11.7. The van der Waals surface area contributed by atoms with Crippen LogP contribution >= 0.6 is 12.2 Å². The van der Waals surface area contributed by atoms with Gasteiger partial charge in [-0.2, -0.15) is 0 Å². The maximum atomic E-state index is 11.9. The third-order valence-electron chi connectivity index (χ3n) is 2.77. The van der Waals surface area contributed by atoms with Gasteiger partial charge in [0.2, 0.25) is 0 Å². The molecule has 19 heavy (non-hydrogen) atoms. The van der Waals surface area contributed by atoms with Gasteiger partial charge in [0.05, 0.1) is 11.6 Å². The van der Waals surface area contributed by atoms with Gasteiger partial charge in [0.15, 0.2) is 0 Å². The Kier molecular flexibility index (Phi) is 5.69. The van der Waals surface area contributed by atoms with Crippen LogP contribution in [0.1, 0.15) is 30.6 Å². The fraction of sp³-hybridized carbons (Fsp3) is 0.462. The zero-order valence-corrected chi connectivity index (χ0v) is 12.2. The third-order valence-corrected chi connectivity index (χ3v) is 2.94. The molecule has 0 saturated carbocycles. The Labute approximate surface area is 118 Å². The minimum Gasteiger partial charge on any atom is -0.462 e. The van der Waals surface area contributed by atoms with Crippen molar-refractivity contribution >= 4 is 29.0 Å². The second kappa shape index (κ2) is 7.04. The lowest BCUT2D eigenvalue weighted by molar-refractivity contribution is 0.0526. The van der Waals surface area contributed by atoms with Gasteiger partial charge in [-0.15, -0.1) is 0 Å². The van der Waals surface area contributed by atoms with Crippen molar-refractivity contribution in [2.45, 2.75) is 26.3 Å². The third kappa shape index (κ3) is 4.17. The first-order valence-electron chi connectivity index (χ1n) is 6.10. The van der Waals surface area contributed by atoms with Crippen LogP contribution in [0, 0.1) is 0 Å². The summed E-state index contributed by atoms with van der Waals surface area (Å²) in [6, 6.07) is 3.46. The van der Waals surface area contributed by atoms with Gasteiger partial charge in [-0.25, -0.2) is 9.78 Å². The van der Waals surface area contributed by atoms with Crippen LogP contribution < -0.4 is 10.6 Å². The molecule has 1 unspecified atom stereocenters. The molecular weight excluding hydrogens is 262 g/mol. The van der Waals surface area contributed by atoms with E-state index in [1.54, 1.807) is 25.3 Å². The molecular formula is C13H19N3O2S. The Hall–Kier alpha value is -1.69. The van der Waals surface area contributed by atoms with Gasteiger partial charge in [0, 0.05) is 25.7 Å². The summed E-state index contributed by atoms with van der Waals surface area (Å²) in [5.41, 5.74) is 5.99. The molecule has 0 aliphatic carbocycles. The predicted octanol–water partition coefficient (Wildman–Crippen LogP) is 1.76. The molecule has 0 saturated heterocycles. The smallest absolute Gasteiger partial charge is 0.341 e. The zero-order valence-electron chi connectivity index (χ0n) is 11.4. The van der Waals surface area contributed by atoms with Crippen molar-refractivity contribution in [3.05, 3.63) is 23.9 Å². The summed E-state index contributed by atoms with van der Waals surface area (Å²) in [4.78, 5) is 18.4. The molecule has 1 atom stereocenters. The topological polar surface area (TPSA) is 68.5 Å². The maximum absolute atomic E-state index is 11.9. The van der Waals surface area contributed by atoms with E-state index >= 15 is 0 Å². The van der Waals surface area contributed by atoms with Crippen molar-refractivity contribution in [2.75, 3.05) is 18.6 Å². The van der Waals surface area contributed by atoms with Gasteiger partial charge in [0.1, 0.15) is 11.4 Å². The number of rotatable bonds is 6. The van der Waals surface area contributed by atoms with Crippen molar-refractivity contribution in [2.24, 2.45) is 5.73 Å². The van der Waals surface area contributed by atoms with Crippen LogP contribution in [-0.4, -0.2) is 35.6 Å². The summed E-state index contributed by atoms with van der Waals surface area (Å²) in [5.74, 6) is 0.199. The SMILES string of the molecule is CCOC(=O)c1cccnc1N(C)C(C)CC(N)=S. The number of hydrogen-bond acceptors (Lipinski definition) is 5. The van der Waals surface area contributed by atoms with Crippen molar-refractivity contribution < 1.29 is 9.53 Å². The van der Waals surface area contributed by atoms with Gasteiger partial charge in [-0.3, -0.25) is 0 Å². The number of pyridine rings is 1. The van der Waals surface area contributed by atoms with Crippen molar-refractivity contribution in [3.8, 4) is 0 Å².